The molecule has 1 aromatic carbocycles. The number of hydrogen-bond acceptors (Lipinski definition) is 1. The second-order valence-electron chi connectivity index (χ2n) is 5.80. The number of para-hydroxylation sites is 1. The van der Waals surface area contributed by atoms with Crippen LogP contribution in [0.4, 0.5) is 5.69 Å². The number of piperidine rings is 1. The molecule has 0 aromatic heterocycles. The number of nitrogens with one attached hydrogen (secondary N) is 2. The highest BCUT2D eigenvalue weighted by atomic mass is 35.5. The topological polar surface area (TPSA) is 33.5 Å². The summed E-state index contributed by atoms with van der Waals surface area (Å²) >= 11 is 0. The molecule has 1 saturated heterocycles. The summed E-state index contributed by atoms with van der Waals surface area (Å²) in [6.45, 7) is 8.05. The highest BCUT2D eigenvalue weighted by Gasteiger charge is 2.24. The maximum absolute atomic E-state index is 12.2. The third-order valence-corrected chi connectivity index (χ3v) is 4.22. The molecule has 2 rings (SSSR count). The van der Waals surface area contributed by atoms with Gasteiger partial charge in [0.2, 0.25) is 0 Å². The highest BCUT2D eigenvalue weighted by molar-refractivity contribution is 5.93. The molecule has 1 amide bonds. The van der Waals surface area contributed by atoms with E-state index < -0.39 is 0 Å². The molecule has 2 N–H and O–H groups in total. The molecule has 2 atom stereocenters. The summed E-state index contributed by atoms with van der Waals surface area (Å²) in [5.41, 5.74) is 3.25. The minimum absolute atomic E-state index is 0. The fourth-order valence-corrected chi connectivity index (χ4v) is 2.92. The van der Waals surface area contributed by atoms with Crippen molar-refractivity contribution in [3.8, 4) is 0 Å². The largest absolute Gasteiger partial charge is 1.00 e. The van der Waals surface area contributed by atoms with E-state index in [9.17, 15) is 4.79 Å². The lowest BCUT2D eigenvalue weighted by molar-refractivity contribution is -0.920. The minimum atomic E-state index is 0. The van der Waals surface area contributed by atoms with E-state index in [-0.39, 0.29) is 18.3 Å². The molecule has 1 heterocycles. The van der Waals surface area contributed by atoms with E-state index >= 15 is 0 Å². The predicted octanol–water partition coefficient (Wildman–Crippen LogP) is -1.30. The number of halogens is 1. The Hall–Kier alpha value is -1.06. The predicted molar refractivity (Wildman–Crippen MR) is 78.6 cm³/mol. The normalized spacial score (nSPS) is 21.9. The van der Waals surface area contributed by atoms with Crippen LogP contribution < -0.4 is 22.6 Å². The molecule has 0 radical (unpaired) electrons. The summed E-state index contributed by atoms with van der Waals surface area (Å²) < 4.78 is 0. The number of benzene rings is 1. The van der Waals surface area contributed by atoms with Crippen LogP contribution in [0.5, 0.6) is 0 Å². The molecule has 1 aliphatic heterocycles. The maximum Gasteiger partial charge on any atom is 0.279 e. The van der Waals surface area contributed by atoms with Crippen LogP contribution in [0.1, 0.15) is 37.3 Å². The lowest BCUT2D eigenvalue weighted by Gasteiger charge is -2.29. The van der Waals surface area contributed by atoms with E-state index in [1.165, 1.54) is 24.2 Å². The first-order valence-corrected chi connectivity index (χ1v) is 7.28. The number of amides is 1. The molecule has 20 heavy (non-hydrogen) atoms. The van der Waals surface area contributed by atoms with Gasteiger partial charge in [0.05, 0.1) is 12.6 Å². The summed E-state index contributed by atoms with van der Waals surface area (Å²) in [7, 11) is 0. The molecule has 3 nitrogen and oxygen atoms in total. The highest BCUT2D eigenvalue weighted by Crippen LogP contribution is 2.18. The Morgan fingerprint density at radius 1 is 1.30 bits per heavy atom. The number of quaternary nitrogens is 1. The third kappa shape index (κ3) is 4.22. The van der Waals surface area contributed by atoms with Crippen molar-refractivity contribution in [2.75, 3.05) is 18.4 Å². The maximum atomic E-state index is 12.2. The molecule has 112 valence electrons. The molecule has 1 aromatic rings. The van der Waals surface area contributed by atoms with Crippen molar-refractivity contribution in [3.05, 3.63) is 29.3 Å². The first kappa shape index (κ1) is 17.0. The van der Waals surface area contributed by atoms with Gasteiger partial charge in [-0.15, -0.1) is 0 Å². The number of hydrogen-bond donors (Lipinski definition) is 2. The number of rotatable bonds is 3. The first-order valence-electron chi connectivity index (χ1n) is 7.28. The Morgan fingerprint density at radius 2 is 1.95 bits per heavy atom. The van der Waals surface area contributed by atoms with E-state index in [0.29, 0.717) is 12.6 Å². The van der Waals surface area contributed by atoms with E-state index in [1.54, 1.807) is 0 Å². The smallest absolute Gasteiger partial charge is 0.279 e. The standard InChI is InChI=1S/C16H24N2O.ClH/c1-12-7-6-8-13(2)16(12)17-15(19)11-18-10-5-4-9-14(18)3;/h6-8,14H,4-5,9-11H2,1-3H3,(H,17,19);1H. The van der Waals surface area contributed by atoms with Gasteiger partial charge in [0, 0.05) is 5.69 Å². The zero-order chi connectivity index (χ0) is 13.8. The molecule has 1 fully saturated rings. The third-order valence-electron chi connectivity index (χ3n) is 4.22. The Balaban J connectivity index is 0.00000200. The van der Waals surface area contributed by atoms with E-state index in [0.717, 1.165) is 23.4 Å². The lowest BCUT2D eigenvalue weighted by atomic mass is 10.0. The van der Waals surface area contributed by atoms with Crippen LogP contribution in [0.15, 0.2) is 18.2 Å². The molecule has 2 unspecified atom stereocenters. The zero-order valence-electron chi connectivity index (χ0n) is 12.6. The van der Waals surface area contributed by atoms with Crippen LogP contribution in [0, 0.1) is 13.8 Å². The molecule has 0 spiro atoms. The van der Waals surface area contributed by atoms with E-state index in [2.05, 4.69) is 12.2 Å². The van der Waals surface area contributed by atoms with Gasteiger partial charge in [0.15, 0.2) is 6.54 Å². The summed E-state index contributed by atoms with van der Waals surface area (Å²) in [5.74, 6) is 0.140. The van der Waals surface area contributed by atoms with Gasteiger partial charge in [-0.2, -0.15) is 0 Å². The van der Waals surface area contributed by atoms with Crippen LogP contribution in [-0.2, 0) is 4.79 Å². The number of likely N-dealkylation sites (tertiary alicyclic amines) is 1. The quantitative estimate of drug-likeness (QED) is 0.715. The molecule has 0 saturated carbocycles. The fraction of sp³-hybridized carbons (Fsp3) is 0.562. The van der Waals surface area contributed by atoms with Gasteiger partial charge in [0.1, 0.15) is 0 Å². The van der Waals surface area contributed by atoms with Crippen molar-refractivity contribution in [2.45, 2.75) is 46.1 Å². The zero-order valence-corrected chi connectivity index (χ0v) is 13.4. The van der Waals surface area contributed by atoms with Gasteiger partial charge < -0.3 is 22.6 Å². The Bertz CT molecular complexity index is 442. The number of carbonyl (C=O) groups is 1. The van der Waals surface area contributed by atoms with Crippen LogP contribution in [0.25, 0.3) is 0 Å². The minimum Gasteiger partial charge on any atom is -1.00 e. The summed E-state index contributed by atoms with van der Waals surface area (Å²) in [6, 6.07) is 6.72. The van der Waals surface area contributed by atoms with Gasteiger partial charge >= 0.3 is 0 Å². The Morgan fingerprint density at radius 3 is 2.55 bits per heavy atom. The molecular formula is C16H25ClN2O. The number of aryl methyl sites for hydroxylation is 2. The summed E-state index contributed by atoms with van der Waals surface area (Å²) in [5, 5.41) is 3.09. The monoisotopic (exact) mass is 296 g/mol. The van der Waals surface area contributed by atoms with Crippen LogP contribution in [0.3, 0.4) is 0 Å². The van der Waals surface area contributed by atoms with Crippen molar-refractivity contribution in [3.63, 3.8) is 0 Å². The molecule has 0 aliphatic carbocycles. The molecule has 0 bridgehead atoms. The molecule has 4 heteroatoms. The van der Waals surface area contributed by atoms with Crippen molar-refractivity contribution < 1.29 is 22.1 Å². The Labute approximate surface area is 128 Å². The van der Waals surface area contributed by atoms with Gasteiger partial charge in [-0.3, -0.25) is 4.79 Å². The van der Waals surface area contributed by atoms with Crippen LogP contribution >= 0.6 is 0 Å². The van der Waals surface area contributed by atoms with Crippen LogP contribution in [-0.4, -0.2) is 25.0 Å². The van der Waals surface area contributed by atoms with Crippen molar-refractivity contribution >= 4 is 11.6 Å². The second-order valence-corrected chi connectivity index (χ2v) is 5.80. The van der Waals surface area contributed by atoms with Gasteiger partial charge in [0.25, 0.3) is 5.91 Å². The first-order chi connectivity index (χ1) is 9.08. The van der Waals surface area contributed by atoms with Crippen molar-refractivity contribution in [1.82, 2.24) is 0 Å². The van der Waals surface area contributed by atoms with Gasteiger partial charge in [-0.05, 0) is 51.2 Å². The summed E-state index contributed by atoms with van der Waals surface area (Å²) in [4.78, 5) is 13.6. The van der Waals surface area contributed by atoms with Gasteiger partial charge in [-0.25, -0.2) is 0 Å². The SMILES string of the molecule is Cc1cccc(C)c1NC(=O)C[NH+]1CCCCC1C.[Cl-]. The van der Waals surface area contributed by atoms with Crippen molar-refractivity contribution in [1.29, 1.82) is 0 Å². The molecule has 1 aliphatic rings. The number of carbonyl (C=O) groups excluding carboxylic acids is 1. The van der Waals surface area contributed by atoms with E-state index in [4.69, 9.17) is 0 Å². The number of anilines is 1. The second kappa shape index (κ2) is 7.65. The molecular weight excluding hydrogens is 272 g/mol. The van der Waals surface area contributed by atoms with Crippen molar-refractivity contribution in [2.24, 2.45) is 0 Å². The van der Waals surface area contributed by atoms with Gasteiger partial charge in [-0.1, -0.05) is 18.2 Å². The average molecular weight is 297 g/mol. The summed E-state index contributed by atoms with van der Waals surface area (Å²) in [6.07, 6.45) is 3.80. The Kier molecular flexibility index (Phi) is 6.50. The van der Waals surface area contributed by atoms with E-state index in [1.807, 2.05) is 32.0 Å². The lowest BCUT2D eigenvalue weighted by Crippen LogP contribution is -3.17. The fourth-order valence-electron chi connectivity index (χ4n) is 2.92. The average Bonchev–Trinajstić information content (AvgIpc) is 2.37. The van der Waals surface area contributed by atoms with Crippen LogP contribution in [0.2, 0.25) is 0 Å².